The molecule has 1 N–H and O–H groups in total. The number of likely N-dealkylation sites (tertiary alicyclic amines) is 1. The minimum atomic E-state index is -0.456. The molecule has 1 aromatic carbocycles. The largest absolute Gasteiger partial charge is 0.493 e. The van der Waals surface area contributed by atoms with E-state index in [0.29, 0.717) is 12.5 Å². The Morgan fingerprint density at radius 3 is 2.60 bits per heavy atom. The predicted molar refractivity (Wildman–Crippen MR) is 124 cm³/mol. The van der Waals surface area contributed by atoms with Crippen molar-refractivity contribution in [3.8, 4) is 5.75 Å². The maximum absolute atomic E-state index is 11.8. The zero-order valence-electron chi connectivity index (χ0n) is 19.3. The molecule has 0 radical (unpaired) electrons. The van der Waals surface area contributed by atoms with Crippen molar-refractivity contribution in [2.24, 2.45) is 11.8 Å². The van der Waals surface area contributed by atoms with Gasteiger partial charge in [0.1, 0.15) is 11.4 Å². The van der Waals surface area contributed by atoms with Crippen molar-refractivity contribution in [3.05, 3.63) is 28.8 Å². The Bertz CT molecular complexity index is 671. The molecule has 1 saturated heterocycles. The summed E-state index contributed by atoms with van der Waals surface area (Å²) in [6, 6.07) is 5.93. The number of nitrogens with one attached hydrogen (secondary N) is 1. The summed E-state index contributed by atoms with van der Waals surface area (Å²) in [7, 11) is 0. The third-order valence-electron chi connectivity index (χ3n) is 5.20. The van der Waals surface area contributed by atoms with E-state index in [1.54, 1.807) is 0 Å². The zero-order valence-corrected chi connectivity index (χ0v) is 20.1. The summed E-state index contributed by atoms with van der Waals surface area (Å²) in [5.41, 5.74) is 0.727. The Hall–Kier alpha value is -1.46. The topological polar surface area (TPSA) is 50.8 Å². The maximum Gasteiger partial charge on any atom is 0.407 e. The lowest BCUT2D eigenvalue weighted by molar-refractivity contribution is 0.0519. The highest BCUT2D eigenvalue weighted by Crippen LogP contribution is 2.31. The van der Waals surface area contributed by atoms with Gasteiger partial charge < -0.3 is 19.7 Å². The summed E-state index contributed by atoms with van der Waals surface area (Å²) in [6.45, 7) is 14.1. The predicted octanol–water partition coefficient (Wildman–Crippen LogP) is 5.54. The maximum atomic E-state index is 11.8. The van der Waals surface area contributed by atoms with Crippen LogP contribution in [0.5, 0.6) is 5.75 Å². The van der Waals surface area contributed by atoms with Crippen molar-refractivity contribution >= 4 is 17.7 Å². The SMILES string of the molecule is CC.CC(C)(C)OC(=O)NCC1CCN(CCc2cc(Cl)ccc2OCC2CC2)C1. The first kappa shape index (κ1) is 24.8. The molecule has 170 valence electrons. The molecule has 1 atom stereocenters. The highest BCUT2D eigenvalue weighted by atomic mass is 35.5. The fourth-order valence-corrected chi connectivity index (χ4v) is 3.67. The van der Waals surface area contributed by atoms with Gasteiger partial charge in [0, 0.05) is 24.7 Å². The highest BCUT2D eigenvalue weighted by molar-refractivity contribution is 6.30. The molecular weight excluding hydrogens is 400 g/mol. The molecule has 1 saturated carbocycles. The fourth-order valence-electron chi connectivity index (χ4n) is 3.48. The number of carbonyl (C=O) groups excluding carboxylic acids is 1. The van der Waals surface area contributed by atoms with Crippen molar-refractivity contribution < 1.29 is 14.3 Å². The van der Waals surface area contributed by atoms with Crippen LogP contribution in [-0.4, -0.2) is 49.4 Å². The van der Waals surface area contributed by atoms with Crippen molar-refractivity contribution in [1.29, 1.82) is 0 Å². The summed E-state index contributed by atoms with van der Waals surface area (Å²) in [5.74, 6) is 2.18. The lowest BCUT2D eigenvalue weighted by Gasteiger charge is -2.21. The van der Waals surface area contributed by atoms with E-state index < -0.39 is 5.60 Å². The van der Waals surface area contributed by atoms with Crippen LogP contribution in [0.4, 0.5) is 4.79 Å². The minimum Gasteiger partial charge on any atom is -0.493 e. The fraction of sp³-hybridized carbons (Fsp3) is 0.708. The van der Waals surface area contributed by atoms with Crippen LogP contribution in [0, 0.1) is 11.8 Å². The molecule has 3 rings (SSSR count). The molecule has 1 aliphatic heterocycles. The van der Waals surface area contributed by atoms with Crippen LogP contribution >= 0.6 is 11.6 Å². The molecule has 1 heterocycles. The van der Waals surface area contributed by atoms with E-state index in [-0.39, 0.29) is 6.09 Å². The molecule has 2 fully saturated rings. The number of alkyl carbamates (subject to hydrolysis) is 1. The van der Waals surface area contributed by atoms with E-state index >= 15 is 0 Å². The van der Waals surface area contributed by atoms with Crippen LogP contribution in [0.15, 0.2) is 18.2 Å². The minimum absolute atomic E-state index is 0.331. The van der Waals surface area contributed by atoms with Crippen LogP contribution < -0.4 is 10.1 Å². The summed E-state index contributed by atoms with van der Waals surface area (Å²) >= 11 is 6.21. The highest BCUT2D eigenvalue weighted by Gasteiger charge is 2.25. The Balaban J connectivity index is 0.00000155. The number of rotatable bonds is 8. The number of hydrogen-bond donors (Lipinski definition) is 1. The molecule has 0 bridgehead atoms. The molecule has 0 aromatic heterocycles. The van der Waals surface area contributed by atoms with E-state index in [0.717, 1.165) is 55.8 Å². The molecule has 1 aromatic rings. The molecule has 1 amide bonds. The van der Waals surface area contributed by atoms with Crippen LogP contribution in [-0.2, 0) is 11.2 Å². The van der Waals surface area contributed by atoms with Gasteiger partial charge in [-0.25, -0.2) is 4.79 Å². The first-order chi connectivity index (χ1) is 14.3. The molecule has 5 nitrogen and oxygen atoms in total. The molecule has 0 spiro atoms. The molecule has 2 aliphatic rings. The Morgan fingerprint density at radius 1 is 1.20 bits per heavy atom. The zero-order chi connectivity index (χ0) is 22.1. The van der Waals surface area contributed by atoms with E-state index in [9.17, 15) is 4.79 Å². The normalized spacial score (nSPS) is 19.1. The van der Waals surface area contributed by atoms with Crippen molar-refractivity contribution in [1.82, 2.24) is 10.2 Å². The van der Waals surface area contributed by atoms with Gasteiger partial charge in [0.05, 0.1) is 6.61 Å². The van der Waals surface area contributed by atoms with Gasteiger partial charge in [0.15, 0.2) is 0 Å². The smallest absolute Gasteiger partial charge is 0.407 e. The lowest BCUT2D eigenvalue weighted by Crippen LogP contribution is -2.36. The van der Waals surface area contributed by atoms with Gasteiger partial charge in [-0.1, -0.05) is 25.4 Å². The van der Waals surface area contributed by atoms with E-state index in [4.69, 9.17) is 21.1 Å². The van der Waals surface area contributed by atoms with Gasteiger partial charge in [0.25, 0.3) is 0 Å². The summed E-state index contributed by atoms with van der Waals surface area (Å²) in [4.78, 5) is 14.3. The Kier molecular flexibility index (Phi) is 9.76. The third-order valence-corrected chi connectivity index (χ3v) is 5.43. The molecule has 6 heteroatoms. The Labute approximate surface area is 187 Å². The lowest BCUT2D eigenvalue weighted by atomic mass is 10.1. The van der Waals surface area contributed by atoms with Crippen LogP contribution in [0.25, 0.3) is 0 Å². The standard InChI is InChI=1S/C22H33ClN2O3.C2H6/c1-22(2,3)28-21(26)24-13-17-8-10-25(14-17)11-9-18-12-19(23)6-7-20(18)27-15-16-4-5-16;1-2/h6-7,12,16-17H,4-5,8-11,13-15H2,1-3H3,(H,24,26);1-2H3. The van der Waals surface area contributed by atoms with Crippen LogP contribution in [0.2, 0.25) is 5.02 Å². The molecular formula is C24H39ClN2O3. The summed E-state index contributed by atoms with van der Waals surface area (Å²) < 4.78 is 11.3. The third kappa shape index (κ3) is 9.13. The van der Waals surface area contributed by atoms with E-state index in [2.05, 4.69) is 10.2 Å². The second-order valence-electron chi connectivity index (χ2n) is 9.09. The van der Waals surface area contributed by atoms with Gasteiger partial charge in [-0.05, 0) is 88.6 Å². The number of nitrogens with zero attached hydrogens (tertiary/aromatic N) is 1. The number of carbonyl (C=O) groups is 1. The monoisotopic (exact) mass is 438 g/mol. The van der Waals surface area contributed by atoms with Gasteiger partial charge >= 0.3 is 6.09 Å². The van der Waals surface area contributed by atoms with Crippen LogP contribution in [0.3, 0.4) is 0 Å². The second-order valence-corrected chi connectivity index (χ2v) is 9.53. The van der Waals surface area contributed by atoms with Gasteiger partial charge in [-0.3, -0.25) is 0 Å². The number of amides is 1. The average molecular weight is 439 g/mol. The first-order valence-corrected chi connectivity index (χ1v) is 11.8. The number of ether oxygens (including phenoxy) is 2. The van der Waals surface area contributed by atoms with Gasteiger partial charge in [0.2, 0.25) is 0 Å². The second kappa shape index (κ2) is 11.8. The Morgan fingerprint density at radius 2 is 1.93 bits per heavy atom. The van der Waals surface area contributed by atoms with Crippen LogP contribution in [0.1, 0.15) is 59.4 Å². The van der Waals surface area contributed by atoms with Crippen molar-refractivity contribution in [3.63, 3.8) is 0 Å². The summed E-state index contributed by atoms with van der Waals surface area (Å²) in [5, 5.41) is 3.66. The average Bonchev–Trinajstić information content (AvgIpc) is 3.41. The molecule has 30 heavy (non-hydrogen) atoms. The van der Waals surface area contributed by atoms with Gasteiger partial charge in [-0.15, -0.1) is 0 Å². The first-order valence-electron chi connectivity index (χ1n) is 11.4. The van der Waals surface area contributed by atoms with E-state index in [1.165, 1.54) is 18.4 Å². The number of hydrogen-bond acceptors (Lipinski definition) is 4. The van der Waals surface area contributed by atoms with E-state index in [1.807, 2.05) is 52.8 Å². The van der Waals surface area contributed by atoms with Gasteiger partial charge in [-0.2, -0.15) is 0 Å². The molecule has 1 unspecified atom stereocenters. The summed E-state index contributed by atoms with van der Waals surface area (Å²) in [6.07, 6.45) is 4.26. The van der Waals surface area contributed by atoms with Crippen molar-refractivity contribution in [2.75, 3.05) is 32.8 Å². The molecule has 1 aliphatic carbocycles. The quantitative estimate of drug-likeness (QED) is 0.578. The van der Waals surface area contributed by atoms with Crippen molar-refractivity contribution in [2.45, 2.75) is 65.9 Å². The number of halogens is 1. The number of benzene rings is 1.